The minimum atomic E-state index is -0.645. The standard InChI is InChI=1S/C27H25ClN4O5S/c1-3-37-20-9-7-18(8-10-20)29-23(34)15-31-26-24(21-11-12-30(16(2)33)14-22(21)38-26)25(35)32(27(31)36)19-6-4-5-17(28)13-19/h4-10,13H,3,11-12,14-15H2,1-2H3,(H,29,34). The minimum absolute atomic E-state index is 0.0587. The largest absolute Gasteiger partial charge is 0.494 e. The third-order valence-electron chi connectivity index (χ3n) is 6.39. The number of halogens is 1. The van der Waals surface area contributed by atoms with Gasteiger partial charge in [0.25, 0.3) is 5.56 Å². The summed E-state index contributed by atoms with van der Waals surface area (Å²) < 4.78 is 7.82. The molecule has 1 N–H and O–H groups in total. The number of benzene rings is 2. The highest BCUT2D eigenvalue weighted by Crippen LogP contribution is 2.33. The number of nitrogens with one attached hydrogen (secondary N) is 1. The predicted octanol–water partition coefficient (Wildman–Crippen LogP) is 3.81. The van der Waals surface area contributed by atoms with E-state index in [2.05, 4.69) is 5.32 Å². The van der Waals surface area contributed by atoms with Crippen LogP contribution >= 0.6 is 22.9 Å². The number of carbonyl (C=O) groups excluding carboxylic acids is 2. The summed E-state index contributed by atoms with van der Waals surface area (Å²) in [4.78, 5) is 55.5. The number of fused-ring (bicyclic) bond motifs is 3. The molecule has 0 bridgehead atoms. The highest BCUT2D eigenvalue weighted by atomic mass is 35.5. The lowest BCUT2D eigenvalue weighted by atomic mass is 10.1. The van der Waals surface area contributed by atoms with Crippen molar-refractivity contribution in [1.29, 1.82) is 0 Å². The fourth-order valence-corrected chi connectivity index (χ4v) is 6.13. The molecule has 1 aliphatic heterocycles. The van der Waals surface area contributed by atoms with Crippen LogP contribution in [0, 0.1) is 0 Å². The number of amides is 2. The van der Waals surface area contributed by atoms with Crippen LogP contribution in [0.5, 0.6) is 5.75 Å². The Morgan fingerprint density at radius 3 is 2.58 bits per heavy atom. The van der Waals surface area contributed by atoms with Crippen molar-refractivity contribution >= 4 is 50.7 Å². The molecule has 0 unspecified atom stereocenters. The van der Waals surface area contributed by atoms with Crippen LogP contribution in [0.4, 0.5) is 5.69 Å². The van der Waals surface area contributed by atoms with Crippen molar-refractivity contribution < 1.29 is 14.3 Å². The van der Waals surface area contributed by atoms with Gasteiger partial charge in [-0.25, -0.2) is 9.36 Å². The monoisotopic (exact) mass is 552 g/mol. The van der Waals surface area contributed by atoms with Gasteiger partial charge in [0.2, 0.25) is 11.8 Å². The third kappa shape index (κ3) is 4.84. The van der Waals surface area contributed by atoms with Gasteiger partial charge in [0.1, 0.15) is 17.1 Å². The summed E-state index contributed by atoms with van der Waals surface area (Å²) in [5, 5.41) is 3.57. The van der Waals surface area contributed by atoms with Crippen molar-refractivity contribution in [2.45, 2.75) is 33.4 Å². The molecule has 0 spiro atoms. The van der Waals surface area contributed by atoms with E-state index in [0.717, 1.165) is 15.0 Å². The molecule has 2 aromatic carbocycles. The van der Waals surface area contributed by atoms with Crippen LogP contribution in [-0.2, 0) is 29.1 Å². The smallest absolute Gasteiger partial charge is 0.337 e. The van der Waals surface area contributed by atoms with Crippen LogP contribution in [0.2, 0.25) is 5.02 Å². The van der Waals surface area contributed by atoms with Crippen LogP contribution in [-0.4, -0.2) is 39.0 Å². The van der Waals surface area contributed by atoms with Crippen LogP contribution in [0.1, 0.15) is 24.3 Å². The van der Waals surface area contributed by atoms with Crippen LogP contribution in [0.25, 0.3) is 15.9 Å². The molecule has 0 radical (unpaired) electrons. The van der Waals surface area contributed by atoms with Gasteiger partial charge in [-0.2, -0.15) is 0 Å². The lowest BCUT2D eigenvalue weighted by Crippen LogP contribution is -2.41. The Balaban J connectivity index is 1.61. The summed E-state index contributed by atoms with van der Waals surface area (Å²) in [6.07, 6.45) is 0.482. The summed E-state index contributed by atoms with van der Waals surface area (Å²) >= 11 is 7.44. The average Bonchev–Trinajstić information content (AvgIpc) is 3.27. The van der Waals surface area contributed by atoms with Gasteiger partial charge in [-0.1, -0.05) is 17.7 Å². The maximum atomic E-state index is 13.7. The van der Waals surface area contributed by atoms with Crippen LogP contribution < -0.4 is 21.3 Å². The second-order valence-electron chi connectivity index (χ2n) is 8.87. The zero-order valence-corrected chi connectivity index (χ0v) is 22.4. The number of aromatic nitrogens is 2. The van der Waals surface area contributed by atoms with Gasteiger partial charge < -0.3 is 15.0 Å². The number of hydrogen-bond donors (Lipinski definition) is 1. The van der Waals surface area contributed by atoms with E-state index in [1.165, 1.54) is 28.9 Å². The zero-order valence-electron chi connectivity index (χ0n) is 20.8. The third-order valence-corrected chi connectivity index (χ3v) is 7.86. The highest BCUT2D eigenvalue weighted by molar-refractivity contribution is 7.18. The molecule has 0 saturated carbocycles. The first kappa shape index (κ1) is 25.7. The molecule has 0 saturated heterocycles. The predicted molar refractivity (Wildman–Crippen MR) is 148 cm³/mol. The number of hydrogen-bond acceptors (Lipinski definition) is 6. The first-order valence-corrected chi connectivity index (χ1v) is 13.3. The van der Waals surface area contributed by atoms with E-state index in [1.54, 1.807) is 47.4 Å². The van der Waals surface area contributed by atoms with Gasteiger partial charge >= 0.3 is 5.69 Å². The van der Waals surface area contributed by atoms with E-state index in [4.69, 9.17) is 16.3 Å². The first-order chi connectivity index (χ1) is 18.3. The number of thiophene rings is 1. The number of rotatable bonds is 6. The molecule has 0 aliphatic carbocycles. The van der Waals surface area contributed by atoms with Crippen molar-refractivity contribution in [3.8, 4) is 11.4 Å². The Morgan fingerprint density at radius 2 is 1.89 bits per heavy atom. The molecule has 196 valence electrons. The van der Waals surface area contributed by atoms with E-state index < -0.39 is 17.2 Å². The molecule has 2 amide bonds. The molecule has 5 rings (SSSR count). The van der Waals surface area contributed by atoms with Crippen molar-refractivity contribution in [3.05, 3.63) is 84.8 Å². The Hall–Kier alpha value is -3.89. The number of anilines is 1. The lowest BCUT2D eigenvalue weighted by molar-refractivity contribution is -0.129. The Labute approximate surface area is 226 Å². The number of nitrogens with zero attached hydrogens (tertiary/aromatic N) is 3. The van der Waals surface area contributed by atoms with Gasteiger partial charge in [0.15, 0.2) is 0 Å². The van der Waals surface area contributed by atoms with Crippen molar-refractivity contribution in [2.75, 3.05) is 18.5 Å². The summed E-state index contributed by atoms with van der Waals surface area (Å²) in [5.74, 6) is 0.197. The molecular weight excluding hydrogens is 528 g/mol. The average molecular weight is 553 g/mol. The Bertz CT molecular complexity index is 1670. The zero-order chi connectivity index (χ0) is 27.0. The number of carbonyl (C=O) groups is 2. The van der Waals surface area contributed by atoms with E-state index in [-0.39, 0.29) is 12.5 Å². The molecule has 38 heavy (non-hydrogen) atoms. The Morgan fingerprint density at radius 1 is 1.13 bits per heavy atom. The van der Waals surface area contributed by atoms with Gasteiger partial charge in [-0.15, -0.1) is 11.3 Å². The molecule has 3 heterocycles. The van der Waals surface area contributed by atoms with E-state index >= 15 is 0 Å². The second kappa shape index (κ2) is 10.5. The summed E-state index contributed by atoms with van der Waals surface area (Å²) in [5.41, 5.74) is 0.562. The van der Waals surface area contributed by atoms with Gasteiger partial charge in [0, 0.05) is 29.1 Å². The Kier molecular flexibility index (Phi) is 7.09. The first-order valence-electron chi connectivity index (χ1n) is 12.1. The molecular formula is C27H25ClN4O5S. The van der Waals surface area contributed by atoms with Crippen molar-refractivity contribution in [2.24, 2.45) is 0 Å². The fraction of sp³-hybridized carbons (Fsp3) is 0.259. The maximum Gasteiger partial charge on any atom is 0.337 e. The van der Waals surface area contributed by atoms with Crippen LogP contribution in [0.3, 0.4) is 0 Å². The summed E-state index contributed by atoms with van der Waals surface area (Å²) in [6.45, 7) is 4.44. The minimum Gasteiger partial charge on any atom is -0.494 e. The molecule has 4 aromatic rings. The number of ether oxygens (including phenoxy) is 1. The van der Waals surface area contributed by atoms with E-state index in [9.17, 15) is 19.2 Å². The van der Waals surface area contributed by atoms with E-state index in [0.29, 0.717) is 58.5 Å². The topological polar surface area (TPSA) is 103 Å². The SMILES string of the molecule is CCOc1ccc(NC(=O)Cn2c(=O)n(-c3cccc(Cl)c3)c(=O)c3c4c(sc32)CN(C(C)=O)CC4)cc1. The quantitative estimate of drug-likeness (QED) is 0.392. The molecule has 1 aliphatic rings. The highest BCUT2D eigenvalue weighted by Gasteiger charge is 2.28. The van der Waals surface area contributed by atoms with Crippen LogP contribution in [0.15, 0.2) is 58.1 Å². The molecule has 0 fully saturated rings. The maximum absolute atomic E-state index is 13.7. The van der Waals surface area contributed by atoms with Gasteiger partial charge in [-0.3, -0.25) is 19.0 Å². The van der Waals surface area contributed by atoms with Crippen molar-refractivity contribution in [1.82, 2.24) is 14.0 Å². The molecule has 9 nitrogen and oxygen atoms in total. The van der Waals surface area contributed by atoms with Gasteiger partial charge in [-0.05, 0) is 61.4 Å². The second-order valence-corrected chi connectivity index (χ2v) is 10.4. The normalized spacial score (nSPS) is 12.9. The van der Waals surface area contributed by atoms with Gasteiger partial charge in [0.05, 0.1) is 24.2 Å². The lowest BCUT2D eigenvalue weighted by Gasteiger charge is -2.25. The summed E-state index contributed by atoms with van der Waals surface area (Å²) in [7, 11) is 0. The molecule has 11 heteroatoms. The summed E-state index contributed by atoms with van der Waals surface area (Å²) in [6, 6.07) is 13.4. The fourth-order valence-electron chi connectivity index (χ4n) is 4.60. The molecule has 0 atom stereocenters. The molecule has 2 aromatic heterocycles. The van der Waals surface area contributed by atoms with Crippen molar-refractivity contribution in [3.63, 3.8) is 0 Å². The van der Waals surface area contributed by atoms with E-state index in [1.807, 2.05) is 6.92 Å².